The van der Waals surface area contributed by atoms with Crippen molar-refractivity contribution in [3.63, 3.8) is 0 Å². The quantitative estimate of drug-likeness (QED) is 0.556. The van der Waals surface area contributed by atoms with E-state index in [1.165, 1.54) is 11.0 Å². The van der Waals surface area contributed by atoms with Crippen molar-refractivity contribution >= 4 is 27.5 Å². The molecule has 7 nitrogen and oxygen atoms in total. The van der Waals surface area contributed by atoms with Crippen LogP contribution in [0.4, 0.5) is 0 Å². The molecule has 130 valence electrons. The maximum Gasteiger partial charge on any atom is 0.254 e. The van der Waals surface area contributed by atoms with Crippen molar-refractivity contribution in [2.45, 2.75) is 13.0 Å². The van der Waals surface area contributed by atoms with Crippen molar-refractivity contribution in [2.75, 3.05) is 7.05 Å². The number of thiazole rings is 1. The summed E-state index contributed by atoms with van der Waals surface area (Å²) >= 11 is 1.61. The van der Waals surface area contributed by atoms with E-state index in [0.717, 1.165) is 20.9 Å². The van der Waals surface area contributed by atoms with E-state index < -0.39 is 0 Å². The third-order valence-electron chi connectivity index (χ3n) is 4.28. The van der Waals surface area contributed by atoms with Crippen molar-refractivity contribution in [1.82, 2.24) is 30.1 Å². The number of aromatic nitrogens is 5. The van der Waals surface area contributed by atoms with Gasteiger partial charge < -0.3 is 4.90 Å². The lowest BCUT2D eigenvalue weighted by atomic mass is 10.1. The van der Waals surface area contributed by atoms with Gasteiger partial charge in [0.15, 0.2) is 0 Å². The topological polar surface area (TPSA) is 76.8 Å². The van der Waals surface area contributed by atoms with Gasteiger partial charge in [-0.25, -0.2) is 9.67 Å². The van der Waals surface area contributed by atoms with Crippen LogP contribution in [-0.4, -0.2) is 43.0 Å². The van der Waals surface area contributed by atoms with E-state index in [1.807, 2.05) is 43.3 Å². The summed E-state index contributed by atoms with van der Waals surface area (Å²) in [4.78, 5) is 19.3. The van der Waals surface area contributed by atoms with Gasteiger partial charge in [-0.3, -0.25) is 4.79 Å². The Morgan fingerprint density at radius 2 is 2.04 bits per heavy atom. The van der Waals surface area contributed by atoms with Gasteiger partial charge in [-0.15, -0.1) is 16.4 Å². The molecule has 0 unspecified atom stereocenters. The lowest BCUT2D eigenvalue weighted by molar-refractivity contribution is 0.0742. The number of carbonyl (C=O) groups is 1. The molecule has 8 heteroatoms. The van der Waals surface area contributed by atoms with E-state index in [4.69, 9.17) is 0 Å². The van der Waals surface area contributed by atoms with Gasteiger partial charge in [-0.05, 0) is 47.7 Å². The number of benzene rings is 2. The lowest BCUT2D eigenvalue weighted by Gasteiger charge is -2.23. The first-order valence-electron chi connectivity index (χ1n) is 8.09. The van der Waals surface area contributed by atoms with Crippen molar-refractivity contribution in [3.05, 3.63) is 65.4 Å². The number of nitrogens with zero attached hydrogens (tertiary/aromatic N) is 6. The van der Waals surface area contributed by atoms with E-state index in [9.17, 15) is 4.79 Å². The number of hydrogen-bond acceptors (Lipinski definition) is 6. The summed E-state index contributed by atoms with van der Waals surface area (Å²) in [5.41, 5.74) is 2.27. The number of tetrazole rings is 1. The zero-order chi connectivity index (χ0) is 18.1. The van der Waals surface area contributed by atoms with Crippen molar-refractivity contribution in [2.24, 2.45) is 0 Å². The highest BCUT2D eigenvalue weighted by Crippen LogP contribution is 2.29. The molecule has 2 heterocycles. The second-order valence-corrected chi connectivity index (χ2v) is 6.98. The third kappa shape index (κ3) is 2.95. The first-order valence-corrected chi connectivity index (χ1v) is 8.91. The maximum absolute atomic E-state index is 12.9. The second kappa shape index (κ2) is 6.64. The molecule has 0 N–H and O–H groups in total. The Balaban J connectivity index is 1.60. The smallest absolute Gasteiger partial charge is 0.254 e. The minimum atomic E-state index is -0.128. The van der Waals surface area contributed by atoms with Crippen LogP contribution in [0, 0.1) is 0 Å². The fourth-order valence-corrected chi connectivity index (χ4v) is 3.74. The van der Waals surface area contributed by atoms with Crippen LogP contribution >= 0.6 is 11.3 Å². The average Bonchev–Trinajstić information content (AvgIpc) is 3.36. The molecular formula is C18H16N6OS. The van der Waals surface area contributed by atoms with Gasteiger partial charge >= 0.3 is 0 Å². The Morgan fingerprint density at radius 3 is 2.81 bits per heavy atom. The van der Waals surface area contributed by atoms with Gasteiger partial charge in [0.05, 0.1) is 21.9 Å². The Morgan fingerprint density at radius 1 is 1.19 bits per heavy atom. The number of amides is 1. The summed E-state index contributed by atoms with van der Waals surface area (Å²) in [7, 11) is 1.79. The molecular weight excluding hydrogens is 348 g/mol. The van der Waals surface area contributed by atoms with Gasteiger partial charge in [-0.1, -0.05) is 18.2 Å². The molecule has 0 fully saturated rings. The number of para-hydroxylation sites is 1. The zero-order valence-electron chi connectivity index (χ0n) is 14.3. The fraction of sp³-hybridized carbons (Fsp3) is 0.167. The molecule has 1 atom stereocenters. The summed E-state index contributed by atoms with van der Waals surface area (Å²) in [6.45, 7) is 1.99. The van der Waals surface area contributed by atoms with E-state index in [2.05, 4.69) is 20.5 Å². The molecule has 0 bridgehead atoms. The predicted octanol–water partition coefficient (Wildman–Crippen LogP) is 3.11. The van der Waals surface area contributed by atoms with Crippen LogP contribution in [0.3, 0.4) is 0 Å². The molecule has 0 saturated carbocycles. The Bertz CT molecular complexity index is 1030. The largest absolute Gasteiger partial charge is 0.333 e. The highest BCUT2D eigenvalue weighted by atomic mass is 32.1. The minimum absolute atomic E-state index is 0.0771. The molecule has 0 aliphatic heterocycles. The van der Waals surface area contributed by atoms with Crippen molar-refractivity contribution < 1.29 is 4.79 Å². The van der Waals surface area contributed by atoms with Crippen molar-refractivity contribution in [1.29, 1.82) is 0 Å². The average molecular weight is 364 g/mol. The fourth-order valence-electron chi connectivity index (χ4n) is 2.67. The SMILES string of the molecule is C[C@H](c1nc2ccccc2s1)N(C)C(=O)c1cccc(-n2cnnn2)c1. The van der Waals surface area contributed by atoms with Gasteiger partial charge in [0.2, 0.25) is 0 Å². The summed E-state index contributed by atoms with van der Waals surface area (Å²) in [5.74, 6) is -0.0771. The van der Waals surface area contributed by atoms with Crippen LogP contribution in [0.2, 0.25) is 0 Å². The highest BCUT2D eigenvalue weighted by Gasteiger charge is 2.22. The van der Waals surface area contributed by atoms with Crippen molar-refractivity contribution in [3.8, 4) is 5.69 Å². The Kier molecular flexibility index (Phi) is 4.18. The van der Waals surface area contributed by atoms with Crippen LogP contribution in [-0.2, 0) is 0 Å². The van der Waals surface area contributed by atoms with Crippen LogP contribution in [0.5, 0.6) is 0 Å². The summed E-state index contributed by atoms with van der Waals surface area (Å²) < 4.78 is 2.64. The van der Waals surface area contributed by atoms with Gasteiger partial charge in [-0.2, -0.15) is 0 Å². The van der Waals surface area contributed by atoms with Gasteiger partial charge in [0.1, 0.15) is 11.3 Å². The molecule has 0 aliphatic carbocycles. The summed E-state index contributed by atoms with van der Waals surface area (Å²) in [6, 6.07) is 15.1. The number of rotatable bonds is 4. The number of hydrogen-bond donors (Lipinski definition) is 0. The minimum Gasteiger partial charge on any atom is -0.333 e. The predicted molar refractivity (Wildman–Crippen MR) is 99.3 cm³/mol. The van der Waals surface area contributed by atoms with Crippen LogP contribution in [0.15, 0.2) is 54.9 Å². The van der Waals surface area contributed by atoms with E-state index in [-0.39, 0.29) is 11.9 Å². The Labute approximate surface area is 153 Å². The standard InChI is InChI=1S/C18H16N6OS/c1-12(17-20-15-8-3-4-9-16(15)26-17)23(2)18(25)13-6-5-7-14(10-13)24-11-19-21-22-24/h3-12H,1-2H3/t12-/m1/s1. The zero-order valence-corrected chi connectivity index (χ0v) is 15.1. The first kappa shape index (κ1) is 16.3. The monoisotopic (exact) mass is 364 g/mol. The molecule has 1 amide bonds. The highest BCUT2D eigenvalue weighted by molar-refractivity contribution is 7.18. The molecule has 2 aromatic carbocycles. The van der Waals surface area contributed by atoms with Gasteiger partial charge in [0, 0.05) is 12.6 Å². The molecule has 0 radical (unpaired) electrons. The van der Waals surface area contributed by atoms with Crippen LogP contribution < -0.4 is 0 Å². The Hall–Kier alpha value is -3.13. The van der Waals surface area contributed by atoms with E-state index in [1.54, 1.807) is 35.4 Å². The number of carbonyl (C=O) groups excluding carboxylic acids is 1. The number of fused-ring (bicyclic) bond motifs is 1. The molecule has 2 aromatic heterocycles. The normalized spacial score (nSPS) is 12.2. The van der Waals surface area contributed by atoms with Crippen LogP contribution in [0.25, 0.3) is 15.9 Å². The van der Waals surface area contributed by atoms with E-state index in [0.29, 0.717) is 5.56 Å². The molecule has 4 rings (SSSR count). The second-order valence-electron chi connectivity index (χ2n) is 5.92. The first-order chi connectivity index (χ1) is 12.6. The molecule has 0 aliphatic rings. The molecule has 4 aromatic rings. The third-order valence-corrected chi connectivity index (χ3v) is 5.48. The molecule has 0 spiro atoms. The lowest BCUT2D eigenvalue weighted by Crippen LogP contribution is -2.29. The summed E-state index contributed by atoms with van der Waals surface area (Å²) in [6.07, 6.45) is 1.50. The summed E-state index contributed by atoms with van der Waals surface area (Å²) in [5, 5.41) is 12.0. The molecule has 26 heavy (non-hydrogen) atoms. The van der Waals surface area contributed by atoms with Gasteiger partial charge in [0.25, 0.3) is 5.91 Å². The maximum atomic E-state index is 12.9. The molecule has 0 saturated heterocycles. The van der Waals surface area contributed by atoms with E-state index >= 15 is 0 Å². The van der Waals surface area contributed by atoms with Crippen LogP contribution in [0.1, 0.15) is 28.3 Å².